The summed E-state index contributed by atoms with van der Waals surface area (Å²) in [4.78, 5) is 17.7. The van der Waals surface area contributed by atoms with Gasteiger partial charge in [-0.1, -0.05) is 60.7 Å². The molecule has 2 aromatic heterocycles. The Morgan fingerprint density at radius 2 is 1.51 bits per heavy atom. The maximum absolute atomic E-state index is 12.9. The molecule has 6 nitrogen and oxygen atoms in total. The van der Waals surface area contributed by atoms with Crippen LogP contribution in [0.1, 0.15) is 39.8 Å². The van der Waals surface area contributed by atoms with Gasteiger partial charge in [0, 0.05) is 11.4 Å². The molecule has 0 radical (unpaired) electrons. The summed E-state index contributed by atoms with van der Waals surface area (Å²) in [5.74, 6) is 1.22. The average Bonchev–Trinajstić information content (AvgIpc) is 3.24. The first kappa shape index (κ1) is 24.3. The Kier molecular flexibility index (Phi) is 7.26. The molecule has 0 spiro atoms. The van der Waals surface area contributed by atoms with Gasteiger partial charge in [-0.05, 0) is 68.1 Å². The summed E-state index contributed by atoms with van der Waals surface area (Å²) in [6.45, 7) is 4.65. The molecule has 37 heavy (non-hydrogen) atoms. The summed E-state index contributed by atoms with van der Waals surface area (Å²) in [5.41, 5.74) is 5.08. The van der Waals surface area contributed by atoms with Crippen molar-refractivity contribution in [2.45, 2.75) is 33.2 Å². The monoisotopic (exact) mass is 491 g/mol. The summed E-state index contributed by atoms with van der Waals surface area (Å²) in [5, 5.41) is 5.52. The van der Waals surface area contributed by atoms with E-state index in [9.17, 15) is 4.79 Å². The molecule has 0 N–H and O–H groups in total. The molecule has 5 aromatic rings. The molecule has 2 heterocycles. The quantitative estimate of drug-likeness (QED) is 0.219. The third-order valence-electron chi connectivity index (χ3n) is 6.26. The van der Waals surface area contributed by atoms with Crippen LogP contribution in [-0.2, 0) is 24.1 Å². The Bertz CT molecular complexity index is 1490. The number of benzene rings is 3. The number of nitrogens with zero attached hydrogens (tertiary/aromatic N) is 3. The third kappa shape index (κ3) is 5.70. The molecule has 0 aliphatic heterocycles. The van der Waals surface area contributed by atoms with Gasteiger partial charge < -0.3 is 9.47 Å². The predicted octanol–water partition coefficient (Wildman–Crippen LogP) is 6.54. The van der Waals surface area contributed by atoms with Crippen LogP contribution >= 0.6 is 0 Å². The fourth-order valence-electron chi connectivity index (χ4n) is 4.36. The van der Waals surface area contributed by atoms with Crippen molar-refractivity contribution in [3.8, 4) is 11.5 Å². The number of carbonyl (C=O) groups excluding carboxylic acids is 1. The summed E-state index contributed by atoms with van der Waals surface area (Å²) in [7, 11) is 0. The van der Waals surface area contributed by atoms with Crippen molar-refractivity contribution in [1.29, 1.82) is 0 Å². The molecule has 0 aliphatic rings. The fourth-order valence-corrected chi connectivity index (χ4v) is 4.36. The summed E-state index contributed by atoms with van der Waals surface area (Å²) < 4.78 is 13.2. The van der Waals surface area contributed by atoms with Crippen molar-refractivity contribution in [3.05, 3.63) is 119 Å². The molecule has 5 rings (SSSR count). The van der Waals surface area contributed by atoms with Crippen molar-refractivity contribution in [1.82, 2.24) is 14.8 Å². The molecule has 186 valence electrons. The lowest BCUT2D eigenvalue weighted by atomic mass is 10.0. The van der Waals surface area contributed by atoms with E-state index in [0.29, 0.717) is 30.8 Å². The van der Waals surface area contributed by atoms with Crippen molar-refractivity contribution in [2.24, 2.45) is 0 Å². The van der Waals surface area contributed by atoms with E-state index in [1.54, 1.807) is 0 Å². The van der Waals surface area contributed by atoms with Crippen LogP contribution in [0.2, 0.25) is 0 Å². The first-order valence-electron chi connectivity index (χ1n) is 12.5. The first-order chi connectivity index (χ1) is 18.1. The SMILES string of the molecule is CCOC(=O)c1cc(CCc2ccccc2)nc2nn(Cc3ccc(Oc4ccccc4)cc3)c(C)c12. The van der Waals surface area contributed by atoms with Gasteiger partial charge in [0.25, 0.3) is 0 Å². The lowest BCUT2D eigenvalue weighted by Crippen LogP contribution is -2.08. The maximum Gasteiger partial charge on any atom is 0.339 e. The molecule has 3 aromatic carbocycles. The Morgan fingerprint density at radius 3 is 2.22 bits per heavy atom. The van der Waals surface area contributed by atoms with Gasteiger partial charge in [0.05, 0.1) is 24.1 Å². The second-order valence-corrected chi connectivity index (χ2v) is 8.87. The van der Waals surface area contributed by atoms with Gasteiger partial charge in [-0.3, -0.25) is 4.68 Å². The average molecular weight is 492 g/mol. The number of fused-ring (bicyclic) bond motifs is 1. The molecule has 0 atom stereocenters. The molecule has 0 unspecified atom stereocenters. The summed E-state index contributed by atoms with van der Waals surface area (Å²) >= 11 is 0. The van der Waals surface area contributed by atoms with Crippen molar-refractivity contribution >= 4 is 17.0 Å². The minimum absolute atomic E-state index is 0.312. The largest absolute Gasteiger partial charge is 0.462 e. The second-order valence-electron chi connectivity index (χ2n) is 8.87. The fraction of sp³-hybridized carbons (Fsp3) is 0.194. The number of pyridine rings is 1. The maximum atomic E-state index is 12.9. The van der Waals surface area contributed by atoms with Gasteiger partial charge in [0.1, 0.15) is 11.5 Å². The Hall–Kier alpha value is -4.45. The number of carbonyl (C=O) groups is 1. The number of hydrogen-bond donors (Lipinski definition) is 0. The van der Waals surface area contributed by atoms with E-state index in [-0.39, 0.29) is 5.97 Å². The van der Waals surface area contributed by atoms with E-state index in [0.717, 1.165) is 40.3 Å². The second kappa shape index (κ2) is 11.1. The minimum Gasteiger partial charge on any atom is -0.462 e. The molecule has 0 aliphatic carbocycles. The van der Waals surface area contributed by atoms with Gasteiger partial charge in [-0.25, -0.2) is 9.78 Å². The van der Waals surface area contributed by atoms with Gasteiger partial charge in [0.15, 0.2) is 5.65 Å². The molecule has 0 saturated heterocycles. The van der Waals surface area contributed by atoms with Crippen LogP contribution in [0.5, 0.6) is 11.5 Å². The minimum atomic E-state index is -0.346. The van der Waals surface area contributed by atoms with E-state index < -0.39 is 0 Å². The normalized spacial score (nSPS) is 11.0. The highest BCUT2D eigenvalue weighted by Crippen LogP contribution is 2.26. The molecular formula is C31H29N3O3. The first-order valence-corrected chi connectivity index (χ1v) is 12.5. The predicted molar refractivity (Wildman–Crippen MR) is 144 cm³/mol. The zero-order valence-corrected chi connectivity index (χ0v) is 21.1. The smallest absolute Gasteiger partial charge is 0.339 e. The standard InChI is InChI=1S/C31H29N3O3/c1-3-36-31(35)28-20-25(17-14-23-10-6-4-7-11-23)32-30-29(28)22(2)34(33-30)21-24-15-18-27(19-16-24)37-26-12-8-5-9-13-26/h4-13,15-16,18-20H,3,14,17,21H2,1-2H3. The van der Waals surface area contributed by atoms with Crippen LogP contribution < -0.4 is 4.74 Å². The molecule has 6 heteroatoms. The zero-order valence-electron chi connectivity index (χ0n) is 21.1. The highest BCUT2D eigenvalue weighted by molar-refractivity contribution is 6.03. The number of esters is 1. The van der Waals surface area contributed by atoms with E-state index in [2.05, 4.69) is 12.1 Å². The number of hydrogen-bond acceptors (Lipinski definition) is 5. The van der Waals surface area contributed by atoms with Crippen LogP contribution in [0.25, 0.3) is 11.0 Å². The lowest BCUT2D eigenvalue weighted by molar-refractivity contribution is 0.0528. The number of aryl methyl sites for hydroxylation is 3. The number of rotatable bonds is 9. The molecular weight excluding hydrogens is 462 g/mol. The van der Waals surface area contributed by atoms with Gasteiger partial charge in [-0.2, -0.15) is 5.10 Å². The number of ether oxygens (including phenoxy) is 2. The zero-order chi connectivity index (χ0) is 25.6. The number of aromatic nitrogens is 3. The molecule has 0 amide bonds. The molecule has 0 bridgehead atoms. The Morgan fingerprint density at radius 1 is 0.838 bits per heavy atom. The third-order valence-corrected chi connectivity index (χ3v) is 6.26. The van der Waals surface area contributed by atoms with Gasteiger partial charge in [0.2, 0.25) is 0 Å². The highest BCUT2D eigenvalue weighted by atomic mass is 16.5. The van der Waals surface area contributed by atoms with Crippen LogP contribution in [-0.4, -0.2) is 27.3 Å². The number of para-hydroxylation sites is 1. The lowest BCUT2D eigenvalue weighted by Gasteiger charge is -2.08. The molecule has 0 fully saturated rings. The summed E-state index contributed by atoms with van der Waals surface area (Å²) in [6, 6.07) is 29.8. The Balaban J connectivity index is 1.41. The summed E-state index contributed by atoms with van der Waals surface area (Å²) in [6.07, 6.45) is 1.54. The van der Waals surface area contributed by atoms with Gasteiger partial charge >= 0.3 is 5.97 Å². The topological polar surface area (TPSA) is 66.2 Å². The Labute approximate surface area is 216 Å². The van der Waals surface area contributed by atoms with E-state index >= 15 is 0 Å². The van der Waals surface area contributed by atoms with E-state index in [1.807, 2.05) is 97.4 Å². The van der Waals surface area contributed by atoms with Crippen molar-refractivity contribution < 1.29 is 14.3 Å². The van der Waals surface area contributed by atoms with Crippen LogP contribution in [0.3, 0.4) is 0 Å². The van der Waals surface area contributed by atoms with Crippen molar-refractivity contribution in [3.63, 3.8) is 0 Å². The van der Waals surface area contributed by atoms with E-state index in [1.165, 1.54) is 5.56 Å². The highest BCUT2D eigenvalue weighted by Gasteiger charge is 2.20. The van der Waals surface area contributed by atoms with Crippen molar-refractivity contribution in [2.75, 3.05) is 6.61 Å². The van der Waals surface area contributed by atoms with Crippen LogP contribution in [0.4, 0.5) is 0 Å². The van der Waals surface area contributed by atoms with Gasteiger partial charge in [-0.15, -0.1) is 0 Å². The molecule has 0 saturated carbocycles. The van der Waals surface area contributed by atoms with Crippen LogP contribution in [0, 0.1) is 6.92 Å². The van der Waals surface area contributed by atoms with E-state index in [4.69, 9.17) is 19.6 Å². The van der Waals surface area contributed by atoms with Crippen LogP contribution in [0.15, 0.2) is 91.0 Å².